The van der Waals surface area contributed by atoms with E-state index in [0.29, 0.717) is 0 Å². The van der Waals surface area contributed by atoms with Gasteiger partial charge in [-0.05, 0) is 30.9 Å². The normalized spacial score (nSPS) is 10.0. The molecule has 0 fully saturated rings. The van der Waals surface area contributed by atoms with Gasteiger partial charge in [0.2, 0.25) is 0 Å². The third-order valence-electron chi connectivity index (χ3n) is 1.51. The van der Waals surface area contributed by atoms with Crippen LogP contribution in [0.25, 0.3) is 0 Å². The zero-order valence-corrected chi connectivity index (χ0v) is 7.23. The van der Waals surface area contributed by atoms with Crippen molar-refractivity contribution in [1.29, 1.82) is 0 Å². The lowest BCUT2D eigenvalue weighted by atomic mass is 10.1. The number of rotatable bonds is 2. The molecule has 0 aliphatic heterocycles. The van der Waals surface area contributed by atoms with Gasteiger partial charge in [0.25, 0.3) is 0 Å². The molecule has 0 unspecified atom stereocenters. The predicted molar refractivity (Wildman–Crippen MR) is 42.9 cm³/mol. The van der Waals surface area contributed by atoms with Gasteiger partial charge in [-0.15, -0.1) is 0 Å². The maximum Gasteiger partial charge on any atom is 0.307 e. The van der Waals surface area contributed by atoms with Gasteiger partial charge in [0.05, 0.1) is 12.1 Å². The molecular weight excluding hydrogens is 162 g/mol. The Morgan fingerprint density at radius 1 is 1.64 bits per heavy atom. The van der Waals surface area contributed by atoms with Crippen molar-refractivity contribution in [3.05, 3.63) is 16.1 Å². The van der Waals surface area contributed by atoms with Crippen LogP contribution in [0.15, 0.2) is 0 Å². The fourth-order valence-electron chi connectivity index (χ4n) is 0.905. The van der Waals surface area contributed by atoms with Crippen molar-refractivity contribution < 1.29 is 9.90 Å². The van der Waals surface area contributed by atoms with Gasteiger partial charge in [0, 0.05) is 4.88 Å². The van der Waals surface area contributed by atoms with E-state index in [1.165, 1.54) is 11.5 Å². The summed E-state index contributed by atoms with van der Waals surface area (Å²) < 4.78 is 4.05. The van der Waals surface area contributed by atoms with E-state index in [4.69, 9.17) is 5.11 Å². The highest BCUT2D eigenvalue weighted by atomic mass is 32.1. The van der Waals surface area contributed by atoms with Crippen molar-refractivity contribution in [2.24, 2.45) is 0 Å². The van der Waals surface area contributed by atoms with Crippen molar-refractivity contribution in [1.82, 2.24) is 4.37 Å². The van der Waals surface area contributed by atoms with Crippen LogP contribution in [0.3, 0.4) is 0 Å². The molecule has 0 amide bonds. The third kappa shape index (κ3) is 1.77. The van der Waals surface area contributed by atoms with Crippen molar-refractivity contribution in [3.63, 3.8) is 0 Å². The zero-order chi connectivity index (χ0) is 8.43. The van der Waals surface area contributed by atoms with Crippen LogP contribution in [0.1, 0.15) is 16.1 Å². The minimum Gasteiger partial charge on any atom is -0.481 e. The van der Waals surface area contributed by atoms with Crippen molar-refractivity contribution in [2.45, 2.75) is 20.3 Å². The Bertz CT molecular complexity index is 260. The zero-order valence-electron chi connectivity index (χ0n) is 6.42. The van der Waals surface area contributed by atoms with Crippen LogP contribution in [0.5, 0.6) is 0 Å². The molecule has 3 nitrogen and oxygen atoms in total. The van der Waals surface area contributed by atoms with Gasteiger partial charge >= 0.3 is 5.97 Å². The molecule has 0 bridgehead atoms. The first kappa shape index (κ1) is 8.20. The number of carbonyl (C=O) groups is 1. The number of aryl methyl sites for hydroxylation is 2. The molecule has 1 rings (SSSR count). The molecule has 0 atom stereocenters. The highest BCUT2D eigenvalue weighted by molar-refractivity contribution is 7.05. The van der Waals surface area contributed by atoms with Gasteiger partial charge in [-0.3, -0.25) is 4.79 Å². The van der Waals surface area contributed by atoms with Gasteiger partial charge in [-0.1, -0.05) is 0 Å². The fraction of sp³-hybridized carbons (Fsp3) is 0.429. The van der Waals surface area contributed by atoms with Gasteiger partial charge in [-0.25, -0.2) is 0 Å². The Morgan fingerprint density at radius 3 is 2.64 bits per heavy atom. The van der Waals surface area contributed by atoms with E-state index in [2.05, 4.69) is 4.37 Å². The van der Waals surface area contributed by atoms with Crippen molar-refractivity contribution >= 4 is 17.5 Å². The first-order chi connectivity index (χ1) is 5.11. The first-order valence-electron chi connectivity index (χ1n) is 3.25. The van der Waals surface area contributed by atoms with E-state index < -0.39 is 5.97 Å². The Morgan fingerprint density at radius 2 is 2.27 bits per heavy atom. The lowest BCUT2D eigenvalue weighted by Crippen LogP contribution is -2.01. The van der Waals surface area contributed by atoms with Crippen LogP contribution in [-0.4, -0.2) is 15.4 Å². The van der Waals surface area contributed by atoms with Crippen molar-refractivity contribution in [3.8, 4) is 0 Å². The predicted octanol–water partition coefficient (Wildman–Crippen LogP) is 1.39. The summed E-state index contributed by atoms with van der Waals surface area (Å²) in [4.78, 5) is 11.4. The Labute approximate surface area is 68.8 Å². The second kappa shape index (κ2) is 3.00. The van der Waals surface area contributed by atoms with E-state index in [9.17, 15) is 4.79 Å². The molecule has 0 saturated heterocycles. The van der Waals surface area contributed by atoms with Crippen molar-refractivity contribution in [2.75, 3.05) is 0 Å². The third-order valence-corrected chi connectivity index (χ3v) is 2.39. The quantitative estimate of drug-likeness (QED) is 0.731. The molecular formula is C7H9NO2S. The number of hydrogen-bond donors (Lipinski definition) is 1. The van der Waals surface area contributed by atoms with Crippen LogP contribution in [0.4, 0.5) is 0 Å². The number of aliphatic carboxylic acids is 1. The molecule has 0 aliphatic carbocycles. The fourth-order valence-corrected chi connectivity index (χ4v) is 1.62. The number of aromatic nitrogens is 1. The maximum absolute atomic E-state index is 10.3. The lowest BCUT2D eigenvalue weighted by molar-refractivity contribution is -0.136. The SMILES string of the molecule is Cc1nsc(C)c1CC(=O)O. The van der Waals surface area contributed by atoms with Crippen LogP contribution in [0.2, 0.25) is 0 Å². The van der Waals surface area contributed by atoms with Gasteiger partial charge in [0.1, 0.15) is 0 Å². The van der Waals surface area contributed by atoms with Crippen LogP contribution in [0, 0.1) is 13.8 Å². The smallest absolute Gasteiger partial charge is 0.307 e. The van der Waals surface area contributed by atoms with Gasteiger partial charge < -0.3 is 5.11 Å². The summed E-state index contributed by atoms with van der Waals surface area (Å²) in [5.41, 5.74) is 1.71. The minimum absolute atomic E-state index is 0.0914. The minimum atomic E-state index is -0.795. The van der Waals surface area contributed by atoms with E-state index in [1.807, 2.05) is 13.8 Å². The first-order valence-corrected chi connectivity index (χ1v) is 4.02. The molecule has 1 N–H and O–H groups in total. The molecule has 4 heteroatoms. The molecule has 60 valence electrons. The molecule has 0 aliphatic rings. The maximum atomic E-state index is 10.3. The summed E-state index contributed by atoms with van der Waals surface area (Å²) in [6, 6.07) is 0. The van der Waals surface area contributed by atoms with E-state index in [1.54, 1.807) is 0 Å². The van der Waals surface area contributed by atoms with Gasteiger partial charge in [-0.2, -0.15) is 4.37 Å². The molecule has 0 saturated carbocycles. The molecule has 0 radical (unpaired) electrons. The topological polar surface area (TPSA) is 50.2 Å². The number of hydrogen-bond acceptors (Lipinski definition) is 3. The molecule has 1 heterocycles. The highest BCUT2D eigenvalue weighted by Crippen LogP contribution is 2.17. The largest absolute Gasteiger partial charge is 0.481 e. The molecule has 1 aromatic rings. The van der Waals surface area contributed by atoms with E-state index in [-0.39, 0.29) is 6.42 Å². The summed E-state index contributed by atoms with van der Waals surface area (Å²) in [6.45, 7) is 3.73. The molecule has 0 aromatic carbocycles. The Balaban J connectivity index is 2.92. The van der Waals surface area contributed by atoms with Crippen LogP contribution < -0.4 is 0 Å². The summed E-state index contributed by atoms with van der Waals surface area (Å²) in [6.07, 6.45) is 0.0914. The molecule has 11 heavy (non-hydrogen) atoms. The van der Waals surface area contributed by atoms with E-state index in [0.717, 1.165) is 16.1 Å². The molecule has 0 spiro atoms. The standard InChI is InChI=1S/C7H9NO2S/c1-4-6(3-7(9)10)5(2)11-8-4/h3H2,1-2H3,(H,9,10). The number of carboxylic acid groups (broad SMARTS) is 1. The Hall–Kier alpha value is -0.900. The summed E-state index contributed by atoms with van der Waals surface area (Å²) in [5, 5.41) is 8.51. The number of nitrogens with zero attached hydrogens (tertiary/aromatic N) is 1. The summed E-state index contributed by atoms with van der Waals surface area (Å²) >= 11 is 1.36. The Kier molecular flexibility index (Phi) is 2.24. The highest BCUT2D eigenvalue weighted by Gasteiger charge is 2.09. The summed E-state index contributed by atoms with van der Waals surface area (Å²) in [5.74, 6) is -0.795. The second-order valence-corrected chi connectivity index (χ2v) is 3.35. The number of carboxylic acids is 1. The second-order valence-electron chi connectivity index (χ2n) is 2.37. The van der Waals surface area contributed by atoms with Crippen LogP contribution in [-0.2, 0) is 11.2 Å². The summed E-state index contributed by atoms with van der Waals surface area (Å²) in [7, 11) is 0. The lowest BCUT2D eigenvalue weighted by Gasteiger charge is -1.93. The van der Waals surface area contributed by atoms with E-state index >= 15 is 0 Å². The van der Waals surface area contributed by atoms with Crippen LogP contribution >= 0.6 is 11.5 Å². The average molecular weight is 171 g/mol. The monoisotopic (exact) mass is 171 g/mol. The molecule has 1 aromatic heterocycles. The average Bonchev–Trinajstić information content (AvgIpc) is 2.18. The van der Waals surface area contributed by atoms with Gasteiger partial charge in [0.15, 0.2) is 0 Å².